The molecule has 0 saturated heterocycles. The number of halogens is 1. The van der Waals surface area contributed by atoms with Crippen molar-refractivity contribution in [1.82, 2.24) is 15.3 Å². The molecule has 1 atom stereocenters. The minimum Gasteiger partial charge on any atom is -0.481 e. The summed E-state index contributed by atoms with van der Waals surface area (Å²) in [5, 5.41) is 2.69. The lowest BCUT2D eigenvalue weighted by atomic mass is 10.3. The molecule has 100 valence electrons. The SMILES string of the molecule is CC(Oc1cccc(F)c1)C(=O)NCc1cnc[nH]1. The van der Waals surface area contributed by atoms with Crippen LogP contribution in [0.15, 0.2) is 36.8 Å². The van der Waals surface area contributed by atoms with Crippen LogP contribution in [0, 0.1) is 5.82 Å². The number of carbonyl (C=O) groups excluding carboxylic acids is 1. The number of hydrogen-bond acceptors (Lipinski definition) is 3. The molecule has 19 heavy (non-hydrogen) atoms. The third-order valence-corrected chi connectivity index (χ3v) is 2.49. The van der Waals surface area contributed by atoms with Gasteiger partial charge in [0.15, 0.2) is 6.10 Å². The van der Waals surface area contributed by atoms with Crippen molar-refractivity contribution >= 4 is 5.91 Å². The van der Waals surface area contributed by atoms with Crippen LogP contribution in [0.1, 0.15) is 12.6 Å². The van der Waals surface area contributed by atoms with E-state index in [9.17, 15) is 9.18 Å². The molecule has 0 bridgehead atoms. The van der Waals surface area contributed by atoms with E-state index in [1.165, 1.54) is 24.5 Å². The van der Waals surface area contributed by atoms with E-state index in [4.69, 9.17) is 4.74 Å². The van der Waals surface area contributed by atoms with Crippen molar-refractivity contribution in [3.63, 3.8) is 0 Å². The van der Waals surface area contributed by atoms with Crippen LogP contribution in [-0.4, -0.2) is 22.0 Å². The lowest BCUT2D eigenvalue weighted by Gasteiger charge is -2.14. The van der Waals surface area contributed by atoms with Crippen molar-refractivity contribution in [1.29, 1.82) is 0 Å². The zero-order valence-electron chi connectivity index (χ0n) is 10.4. The number of H-pyrrole nitrogens is 1. The maximum Gasteiger partial charge on any atom is 0.261 e. The second-order valence-electron chi connectivity index (χ2n) is 4.01. The number of benzene rings is 1. The number of aromatic nitrogens is 2. The Kier molecular flexibility index (Phi) is 4.12. The first-order chi connectivity index (χ1) is 9.15. The smallest absolute Gasteiger partial charge is 0.261 e. The lowest BCUT2D eigenvalue weighted by molar-refractivity contribution is -0.127. The number of hydrogen-bond donors (Lipinski definition) is 2. The quantitative estimate of drug-likeness (QED) is 0.861. The summed E-state index contributed by atoms with van der Waals surface area (Å²) in [6.07, 6.45) is 2.46. The first-order valence-electron chi connectivity index (χ1n) is 5.82. The van der Waals surface area contributed by atoms with Crippen molar-refractivity contribution in [2.75, 3.05) is 0 Å². The molecule has 0 spiro atoms. The Morgan fingerprint density at radius 1 is 1.58 bits per heavy atom. The van der Waals surface area contributed by atoms with E-state index in [1.807, 2.05) is 0 Å². The van der Waals surface area contributed by atoms with E-state index < -0.39 is 11.9 Å². The van der Waals surface area contributed by atoms with Gasteiger partial charge in [0.05, 0.1) is 18.6 Å². The molecular formula is C13H14FN3O2. The van der Waals surface area contributed by atoms with Crippen molar-refractivity contribution in [3.05, 3.63) is 48.3 Å². The molecule has 0 aliphatic rings. The summed E-state index contributed by atoms with van der Waals surface area (Å²) < 4.78 is 18.3. The van der Waals surface area contributed by atoms with Gasteiger partial charge in [-0.15, -0.1) is 0 Å². The van der Waals surface area contributed by atoms with Crippen molar-refractivity contribution < 1.29 is 13.9 Å². The van der Waals surface area contributed by atoms with E-state index in [0.29, 0.717) is 12.3 Å². The van der Waals surface area contributed by atoms with Crippen LogP contribution in [0.5, 0.6) is 5.75 Å². The number of carbonyl (C=O) groups is 1. The third-order valence-electron chi connectivity index (χ3n) is 2.49. The Balaban J connectivity index is 1.85. The molecule has 5 nitrogen and oxygen atoms in total. The largest absolute Gasteiger partial charge is 0.481 e. The predicted molar refractivity (Wildman–Crippen MR) is 66.9 cm³/mol. The summed E-state index contributed by atoms with van der Waals surface area (Å²) >= 11 is 0. The molecule has 6 heteroatoms. The van der Waals surface area contributed by atoms with Crippen LogP contribution < -0.4 is 10.1 Å². The molecule has 2 rings (SSSR count). The Bertz CT molecular complexity index is 543. The number of imidazole rings is 1. The highest BCUT2D eigenvalue weighted by Gasteiger charge is 2.14. The fraction of sp³-hybridized carbons (Fsp3) is 0.231. The van der Waals surface area contributed by atoms with E-state index in [-0.39, 0.29) is 5.91 Å². The number of nitrogens with one attached hydrogen (secondary N) is 2. The zero-order valence-corrected chi connectivity index (χ0v) is 10.4. The first kappa shape index (κ1) is 13.1. The monoisotopic (exact) mass is 263 g/mol. The maximum atomic E-state index is 13.0. The number of aromatic amines is 1. The number of rotatable bonds is 5. The van der Waals surface area contributed by atoms with Crippen LogP contribution in [0.4, 0.5) is 4.39 Å². The van der Waals surface area contributed by atoms with Crippen LogP contribution in [0.3, 0.4) is 0 Å². The van der Waals surface area contributed by atoms with Gasteiger partial charge >= 0.3 is 0 Å². The van der Waals surface area contributed by atoms with E-state index in [1.54, 1.807) is 19.2 Å². The zero-order chi connectivity index (χ0) is 13.7. The highest BCUT2D eigenvalue weighted by atomic mass is 19.1. The Hall–Kier alpha value is -2.37. The van der Waals surface area contributed by atoms with Crippen molar-refractivity contribution in [3.8, 4) is 5.75 Å². The molecule has 1 heterocycles. The molecule has 0 saturated carbocycles. The van der Waals surface area contributed by atoms with Crippen LogP contribution in [0.25, 0.3) is 0 Å². The molecule has 0 aliphatic heterocycles. The van der Waals surface area contributed by atoms with Gasteiger partial charge in [-0.25, -0.2) is 9.37 Å². The summed E-state index contributed by atoms with van der Waals surface area (Å²) in [6.45, 7) is 1.95. The van der Waals surface area contributed by atoms with Crippen molar-refractivity contribution in [2.45, 2.75) is 19.6 Å². The minimum atomic E-state index is -0.704. The molecule has 2 N–H and O–H groups in total. The summed E-state index contributed by atoms with van der Waals surface area (Å²) in [5.41, 5.74) is 0.798. The maximum absolute atomic E-state index is 13.0. The summed E-state index contributed by atoms with van der Waals surface area (Å²) in [7, 11) is 0. The van der Waals surface area contributed by atoms with Gasteiger partial charge in [-0.3, -0.25) is 4.79 Å². The molecule has 2 aromatic rings. The van der Waals surface area contributed by atoms with E-state index in [0.717, 1.165) is 5.69 Å². The highest BCUT2D eigenvalue weighted by molar-refractivity contribution is 5.80. The van der Waals surface area contributed by atoms with Gasteiger partial charge in [0, 0.05) is 12.3 Å². The van der Waals surface area contributed by atoms with Crippen molar-refractivity contribution in [2.24, 2.45) is 0 Å². The lowest BCUT2D eigenvalue weighted by Crippen LogP contribution is -2.36. The second-order valence-corrected chi connectivity index (χ2v) is 4.01. The summed E-state index contributed by atoms with van der Waals surface area (Å²) in [5.74, 6) is -0.356. The molecule has 1 aromatic carbocycles. The number of ether oxygens (including phenoxy) is 1. The fourth-order valence-corrected chi connectivity index (χ4v) is 1.51. The van der Waals surface area contributed by atoms with Gasteiger partial charge in [0.25, 0.3) is 5.91 Å². The minimum absolute atomic E-state index is 0.279. The topological polar surface area (TPSA) is 67.0 Å². The Labute approximate surface area is 109 Å². The van der Waals surface area contributed by atoms with E-state index in [2.05, 4.69) is 15.3 Å². The van der Waals surface area contributed by atoms with E-state index >= 15 is 0 Å². The molecular weight excluding hydrogens is 249 g/mol. The molecule has 0 radical (unpaired) electrons. The van der Waals surface area contributed by atoms with Crippen LogP contribution >= 0.6 is 0 Å². The summed E-state index contributed by atoms with van der Waals surface area (Å²) in [6, 6.07) is 5.68. The van der Waals surface area contributed by atoms with Gasteiger partial charge in [-0.1, -0.05) is 6.07 Å². The predicted octanol–water partition coefficient (Wildman–Crippen LogP) is 1.63. The molecule has 0 aliphatic carbocycles. The van der Waals surface area contributed by atoms with Gasteiger partial charge in [0.1, 0.15) is 11.6 Å². The normalized spacial score (nSPS) is 11.9. The highest BCUT2D eigenvalue weighted by Crippen LogP contribution is 2.13. The van der Waals surface area contributed by atoms with Gasteiger partial charge in [-0.2, -0.15) is 0 Å². The van der Waals surface area contributed by atoms with Gasteiger partial charge in [-0.05, 0) is 19.1 Å². The number of nitrogens with zero attached hydrogens (tertiary/aromatic N) is 1. The molecule has 1 unspecified atom stereocenters. The van der Waals surface area contributed by atoms with Crippen LogP contribution in [-0.2, 0) is 11.3 Å². The average Bonchev–Trinajstić information content (AvgIpc) is 2.89. The fourth-order valence-electron chi connectivity index (χ4n) is 1.51. The number of amides is 1. The molecule has 1 aromatic heterocycles. The standard InChI is InChI=1S/C13H14FN3O2/c1-9(19-12-4-2-3-10(14)5-12)13(18)16-7-11-6-15-8-17-11/h2-6,8-9H,7H2,1H3,(H,15,17)(H,16,18). The Morgan fingerprint density at radius 2 is 2.42 bits per heavy atom. The molecule has 1 amide bonds. The second kappa shape index (κ2) is 5.99. The van der Waals surface area contributed by atoms with Crippen LogP contribution in [0.2, 0.25) is 0 Å². The third kappa shape index (κ3) is 3.80. The molecule has 0 fully saturated rings. The van der Waals surface area contributed by atoms with Gasteiger partial charge in [0.2, 0.25) is 0 Å². The van der Waals surface area contributed by atoms with Gasteiger partial charge < -0.3 is 15.0 Å². The Morgan fingerprint density at radius 3 is 3.11 bits per heavy atom. The average molecular weight is 263 g/mol. The summed E-state index contributed by atoms with van der Waals surface area (Å²) in [4.78, 5) is 18.5. The first-order valence-corrected chi connectivity index (χ1v) is 5.82.